The van der Waals surface area contributed by atoms with Crippen LogP contribution in [0.5, 0.6) is 5.75 Å². The van der Waals surface area contributed by atoms with E-state index in [0.29, 0.717) is 12.1 Å². The average Bonchev–Trinajstić information content (AvgIpc) is 2.79. The summed E-state index contributed by atoms with van der Waals surface area (Å²) in [6, 6.07) is 11.9. The monoisotopic (exact) mass is 474 g/mol. The van der Waals surface area contributed by atoms with Crippen LogP contribution in [-0.2, 0) is 12.5 Å². The molecule has 0 amide bonds. The summed E-state index contributed by atoms with van der Waals surface area (Å²) in [4.78, 5) is 0. The van der Waals surface area contributed by atoms with E-state index in [0.717, 1.165) is 35.4 Å². The molecule has 0 bridgehead atoms. The first-order valence-electron chi connectivity index (χ1n) is 10.2. The molecule has 0 saturated heterocycles. The predicted molar refractivity (Wildman–Crippen MR) is 120 cm³/mol. The van der Waals surface area contributed by atoms with Gasteiger partial charge in [0, 0.05) is 11.6 Å². The molecule has 0 heterocycles. The second-order valence-electron chi connectivity index (χ2n) is 7.45. The van der Waals surface area contributed by atoms with Gasteiger partial charge in [0.15, 0.2) is 11.6 Å². The Labute approximate surface area is 193 Å². The Morgan fingerprint density at radius 3 is 2.24 bits per heavy atom. The predicted octanol–water partition coefficient (Wildman–Crippen LogP) is 8.21. The quantitative estimate of drug-likeness (QED) is 0.236. The van der Waals surface area contributed by atoms with E-state index in [2.05, 4.69) is 11.3 Å². The van der Waals surface area contributed by atoms with Crippen molar-refractivity contribution in [2.75, 3.05) is 0 Å². The lowest BCUT2D eigenvalue weighted by Crippen LogP contribution is -2.23. The van der Waals surface area contributed by atoms with Crippen molar-refractivity contribution in [1.82, 2.24) is 0 Å². The molecule has 0 fully saturated rings. The lowest BCUT2D eigenvalue weighted by atomic mass is 10.00. The Hall–Kier alpha value is -3.74. The largest absolute Gasteiger partial charge is 0.429 e. The van der Waals surface area contributed by atoms with E-state index in [-0.39, 0.29) is 17.6 Å². The fourth-order valence-electron chi connectivity index (χ4n) is 3.14. The lowest BCUT2D eigenvalue weighted by Gasteiger charge is -2.19. The summed E-state index contributed by atoms with van der Waals surface area (Å²) >= 11 is 0. The van der Waals surface area contributed by atoms with Crippen LogP contribution in [0.4, 0.5) is 26.3 Å². The van der Waals surface area contributed by atoms with Crippen molar-refractivity contribution in [2.45, 2.75) is 19.5 Å². The third-order valence-corrected chi connectivity index (χ3v) is 4.91. The molecule has 34 heavy (non-hydrogen) atoms. The fourth-order valence-corrected chi connectivity index (χ4v) is 3.14. The van der Waals surface area contributed by atoms with Crippen LogP contribution < -0.4 is 4.74 Å². The summed E-state index contributed by atoms with van der Waals surface area (Å²) < 4.78 is 89.3. The zero-order valence-corrected chi connectivity index (χ0v) is 18.1. The molecule has 3 rings (SSSR count). The van der Waals surface area contributed by atoms with Gasteiger partial charge in [-0.25, -0.2) is 17.6 Å². The van der Waals surface area contributed by atoms with Gasteiger partial charge in [0.05, 0.1) is 5.56 Å². The van der Waals surface area contributed by atoms with Gasteiger partial charge in [-0.05, 0) is 54.8 Å². The van der Waals surface area contributed by atoms with Crippen LogP contribution in [0.2, 0.25) is 0 Å². The highest BCUT2D eigenvalue weighted by atomic mass is 19.3. The minimum atomic E-state index is -4.20. The topological polar surface area (TPSA) is 9.23 Å². The van der Waals surface area contributed by atoms with Gasteiger partial charge in [-0.1, -0.05) is 54.6 Å². The van der Waals surface area contributed by atoms with Gasteiger partial charge in [0.2, 0.25) is 0 Å². The highest BCUT2D eigenvalue weighted by Gasteiger charge is 2.38. The van der Waals surface area contributed by atoms with Crippen LogP contribution in [-0.4, -0.2) is 0 Å². The second-order valence-corrected chi connectivity index (χ2v) is 7.45. The number of ether oxygens (including phenoxy) is 1. The first kappa shape index (κ1) is 24.9. The maximum atomic E-state index is 14.9. The summed E-state index contributed by atoms with van der Waals surface area (Å²) in [5, 5.41) is 0. The molecule has 0 unspecified atom stereocenters. The minimum absolute atomic E-state index is 0.00225. The van der Waals surface area contributed by atoms with E-state index in [9.17, 15) is 26.3 Å². The molecule has 0 N–H and O–H groups in total. The standard InChI is InChI=1S/C27H20F6O/c1-3-4-21(23(28)13-9-18-7-5-17(2)6-8-18)19-10-12-22(25(30)15-19)27(32,33)34-20-11-14-24(29)26(31)16-20/h3-8,10-16H,1,9H2,2H3/b21-4-,23-13+. The second kappa shape index (κ2) is 10.5. The third-order valence-electron chi connectivity index (χ3n) is 4.91. The summed E-state index contributed by atoms with van der Waals surface area (Å²) in [7, 11) is 0. The van der Waals surface area contributed by atoms with E-state index in [4.69, 9.17) is 0 Å². The zero-order valence-electron chi connectivity index (χ0n) is 18.1. The molecule has 176 valence electrons. The molecule has 0 radical (unpaired) electrons. The molecule has 0 spiro atoms. The Morgan fingerprint density at radius 1 is 0.912 bits per heavy atom. The van der Waals surface area contributed by atoms with Gasteiger partial charge in [0.25, 0.3) is 0 Å². The van der Waals surface area contributed by atoms with Gasteiger partial charge < -0.3 is 4.74 Å². The van der Waals surface area contributed by atoms with Crippen LogP contribution >= 0.6 is 0 Å². The summed E-state index contributed by atoms with van der Waals surface area (Å²) in [5.74, 6) is -5.38. The van der Waals surface area contributed by atoms with E-state index >= 15 is 0 Å². The zero-order chi connectivity index (χ0) is 24.9. The molecule has 0 aliphatic carbocycles. The summed E-state index contributed by atoms with van der Waals surface area (Å²) in [5.41, 5.74) is 0.721. The van der Waals surface area contributed by atoms with Crippen molar-refractivity contribution < 1.29 is 31.1 Å². The van der Waals surface area contributed by atoms with Crippen molar-refractivity contribution in [1.29, 1.82) is 0 Å². The first-order chi connectivity index (χ1) is 16.1. The Balaban J connectivity index is 1.86. The molecular formula is C27H20F6O. The number of hydrogen-bond acceptors (Lipinski definition) is 1. The highest BCUT2D eigenvalue weighted by Crippen LogP contribution is 2.35. The van der Waals surface area contributed by atoms with Crippen LogP contribution in [0.1, 0.15) is 22.3 Å². The molecule has 0 aliphatic rings. The number of benzene rings is 3. The van der Waals surface area contributed by atoms with Crippen LogP contribution in [0.25, 0.3) is 5.57 Å². The normalized spacial score (nSPS) is 12.6. The van der Waals surface area contributed by atoms with Gasteiger partial charge in [0.1, 0.15) is 17.4 Å². The molecule has 3 aromatic rings. The summed E-state index contributed by atoms with van der Waals surface area (Å²) in [6.45, 7) is 5.44. The number of allylic oxidation sites excluding steroid dienone is 5. The van der Waals surface area contributed by atoms with Gasteiger partial charge in [-0.2, -0.15) is 8.78 Å². The molecular weight excluding hydrogens is 454 g/mol. The van der Waals surface area contributed by atoms with Gasteiger partial charge >= 0.3 is 6.11 Å². The maximum Gasteiger partial charge on any atom is 0.429 e. The van der Waals surface area contributed by atoms with Gasteiger partial charge in [-0.15, -0.1) is 0 Å². The molecule has 1 nitrogen and oxygen atoms in total. The third kappa shape index (κ3) is 5.98. The number of aryl methyl sites for hydroxylation is 1. The van der Waals surface area contributed by atoms with E-state index in [1.165, 1.54) is 18.2 Å². The fraction of sp³-hybridized carbons (Fsp3) is 0.111. The van der Waals surface area contributed by atoms with Crippen molar-refractivity contribution >= 4 is 5.57 Å². The van der Waals surface area contributed by atoms with Crippen LogP contribution in [0.15, 0.2) is 91.3 Å². The molecule has 0 saturated carbocycles. The molecule has 0 atom stereocenters. The Kier molecular flexibility index (Phi) is 7.66. The number of alkyl halides is 2. The highest BCUT2D eigenvalue weighted by molar-refractivity contribution is 5.78. The Morgan fingerprint density at radius 2 is 1.62 bits per heavy atom. The van der Waals surface area contributed by atoms with Crippen molar-refractivity contribution in [3.8, 4) is 5.75 Å². The molecule has 7 heteroatoms. The van der Waals surface area contributed by atoms with Crippen molar-refractivity contribution in [2.24, 2.45) is 0 Å². The number of halogens is 6. The number of hydrogen-bond donors (Lipinski definition) is 0. The Bertz CT molecular complexity index is 1240. The van der Waals surface area contributed by atoms with Crippen molar-refractivity contribution in [3.63, 3.8) is 0 Å². The molecule has 0 aromatic heterocycles. The summed E-state index contributed by atoms with van der Waals surface area (Å²) in [6.07, 6.45) is -0.0461. The maximum absolute atomic E-state index is 14.9. The van der Waals surface area contributed by atoms with Gasteiger partial charge in [-0.3, -0.25) is 0 Å². The van der Waals surface area contributed by atoms with E-state index in [1.54, 1.807) is 0 Å². The molecule has 0 aliphatic heterocycles. The number of rotatable bonds is 8. The van der Waals surface area contributed by atoms with Crippen LogP contribution in [0, 0.1) is 24.4 Å². The van der Waals surface area contributed by atoms with E-state index < -0.39 is 40.7 Å². The SMILES string of the molecule is C=C/C=C(\C(F)=C/Cc1ccc(C)cc1)c1ccc(C(F)(F)Oc2ccc(F)c(F)c2)c(F)c1. The van der Waals surface area contributed by atoms with Crippen molar-refractivity contribution in [3.05, 3.63) is 131 Å². The smallest absolute Gasteiger partial charge is 0.429 e. The lowest BCUT2D eigenvalue weighted by molar-refractivity contribution is -0.187. The van der Waals surface area contributed by atoms with E-state index in [1.807, 2.05) is 31.2 Å². The minimum Gasteiger partial charge on any atom is -0.429 e. The molecule has 3 aromatic carbocycles. The first-order valence-corrected chi connectivity index (χ1v) is 10.2. The average molecular weight is 474 g/mol. The van der Waals surface area contributed by atoms with Crippen LogP contribution in [0.3, 0.4) is 0 Å².